The van der Waals surface area contributed by atoms with Crippen LogP contribution < -0.4 is 15.4 Å². The highest BCUT2D eigenvalue weighted by Crippen LogP contribution is 2.26. The van der Waals surface area contributed by atoms with E-state index in [2.05, 4.69) is 17.2 Å². The first-order chi connectivity index (χ1) is 19.6. The maximum absolute atomic E-state index is 13.8. The van der Waals surface area contributed by atoms with Gasteiger partial charge in [0, 0.05) is 45.9 Å². The van der Waals surface area contributed by atoms with Crippen LogP contribution in [0.25, 0.3) is 0 Å². The van der Waals surface area contributed by atoms with E-state index >= 15 is 0 Å². The van der Waals surface area contributed by atoms with E-state index in [4.69, 9.17) is 14.2 Å². The van der Waals surface area contributed by atoms with Gasteiger partial charge < -0.3 is 24.8 Å². The third-order valence-corrected chi connectivity index (χ3v) is 8.44. The fraction of sp³-hybridized carbons (Fsp3) is 0.448. The molecule has 1 saturated heterocycles. The Bertz CT molecular complexity index is 1290. The number of carbonyl (C=O) groups is 2. The lowest BCUT2D eigenvalue weighted by Gasteiger charge is -2.34. The Kier molecular flexibility index (Phi) is 12.3. The molecule has 0 aliphatic carbocycles. The van der Waals surface area contributed by atoms with E-state index in [1.165, 1.54) is 19.2 Å². The van der Waals surface area contributed by atoms with Crippen molar-refractivity contribution in [3.63, 3.8) is 0 Å². The molecule has 41 heavy (non-hydrogen) atoms. The average Bonchev–Trinajstić information content (AvgIpc) is 2.96. The first-order valence-corrected chi connectivity index (χ1v) is 14.9. The number of piperidine rings is 1. The number of carbonyl (C=O) groups excluding carboxylic acids is 2. The van der Waals surface area contributed by atoms with Crippen LogP contribution in [0.15, 0.2) is 65.7 Å². The van der Waals surface area contributed by atoms with Gasteiger partial charge in [-0.3, -0.25) is 9.59 Å². The molecule has 0 spiro atoms. The molecule has 0 bridgehead atoms. The van der Waals surface area contributed by atoms with Gasteiger partial charge in [-0.1, -0.05) is 31.2 Å². The minimum atomic E-state index is -4.16. The Balaban J connectivity index is 1.78. The number of hydrogen-bond donors (Lipinski definition) is 2. The van der Waals surface area contributed by atoms with Gasteiger partial charge in [-0.15, -0.1) is 0 Å². The number of ether oxygens (including phenoxy) is 3. The highest BCUT2D eigenvalue weighted by Gasteiger charge is 2.39. The minimum Gasteiger partial charge on any atom is -0.494 e. The monoisotopic (exact) mass is 591 g/mol. The van der Waals surface area contributed by atoms with Crippen molar-refractivity contribution >= 4 is 21.8 Å². The third kappa shape index (κ3) is 9.35. The normalized spacial score (nSPS) is 16.5. The Morgan fingerprint density at radius 1 is 1.10 bits per heavy atom. The summed E-state index contributed by atoms with van der Waals surface area (Å²) in [6, 6.07) is 9.74. The van der Waals surface area contributed by atoms with Crippen LogP contribution in [0.4, 0.5) is 4.39 Å². The summed E-state index contributed by atoms with van der Waals surface area (Å²) in [6.45, 7) is 5.04. The van der Waals surface area contributed by atoms with Crippen molar-refractivity contribution in [2.24, 2.45) is 0 Å². The van der Waals surface area contributed by atoms with Crippen molar-refractivity contribution < 1.29 is 36.6 Å². The van der Waals surface area contributed by atoms with E-state index < -0.39 is 39.7 Å². The van der Waals surface area contributed by atoms with Gasteiger partial charge in [-0.2, -0.15) is 4.31 Å². The van der Waals surface area contributed by atoms with E-state index in [9.17, 15) is 22.4 Å². The molecule has 0 radical (unpaired) electrons. The van der Waals surface area contributed by atoms with Crippen LogP contribution >= 0.6 is 0 Å². The average molecular weight is 592 g/mol. The Morgan fingerprint density at radius 2 is 1.85 bits per heavy atom. The van der Waals surface area contributed by atoms with Crippen molar-refractivity contribution in [2.45, 2.75) is 49.1 Å². The van der Waals surface area contributed by atoms with Gasteiger partial charge in [0.2, 0.25) is 21.8 Å². The van der Waals surface area contributed by atoms with Gasteiger partial charge in [0.25, 0.3) is 0 Å². The number of nitrogens with one attached hydrogen (secondary N) is 2. The van der Waals surface area contributed by atoms with E-state index in [-0.39, 0.29) is 30.9 Å². The van der Waals surface area contributed by atoms with Crippen molar-refractivity contribution in [1.29, 1.82) is 0 Å². The lowest BCUT2D eigenvalue weighted by atomic mass is 10.0. The molecule has 0 aromatic heterocycles. The lowest BCUT2D eigenvalue weighted by molar-refractivity contribution is -0.131. The van der Waals surface area contributed by atoms with Gasteiger partial charge in [0.1, 0.15) is 23.7 Å². The molecule has 1 aliphatic rings. The summed E-state index contributed by atoms with van der Waals surface area (Å²) in [5.74, 6) is -1.16. The van der Waals surface area contributed by atoms with Gasteiger partial charge in [0.15, 0.2) is 0 Å². The molecule has 1 aliphatic heterocycles. The first kappa shape index (κ1) is 32.2. The molecular formula is C29H38FN3O7S. The number of sulfonamides is 1. The number of benzene rings is 2. The molecule has 2 aromatic rings. The van der Waals surface area contributed by atoms with Crippen LogP contribution in [0.3, 0.4) is 0 Å². The zero-order valence-corrected chi connectivity index (χ0v) is 24.3. The van der Waals surface area contributed by atoms with E-state index in [1.807, 2.05) is 0 Å². The number of hydrogen-bond acceptors (Lipinski definition) is 7. The van der Waals surface area contributed by atoms with Gasteiger partial charge in [-0.25, -0.2) is 12.8 Å². The number of rotatable bonds is 15. The standard InChI is InChI=1S/C29H38FN3O7S/c1-21(20-39-3)31-28(34)26(18-22-11-13-24(14-12-22)40-17-7-16-38-2)32-29(35)27-10-4-5-15-33(27)41(36,37)25-9-6-8-23(30)19-25/h6,8-9,11-14,19,26-27H,1,4-5,7,10,15-18,20H2,2-3H3,(H,31,34)(H,32,35). The van der Waals surface area contributed by atoms with Crippen LogP contribution in [0.2, 0.25) is 0 Å². The molecule has 1 heterocycles. The molecule has 224 valence electrons. The highest BCUT2D eigenvalue weighted by molar-refractivity contribution is 7.89. The van der Waals surface area contributed by atoms with Crippen LogP contribution in [-0.4, -0.2) is 77.2 Å². The molecule has 2 aromatic carbocycles. The molecular weight excluding hydrogens is 553 g/mol. The second-order valence-corrected chi connectivity index (χ2v) is 11.6. The van der Waals surface area contributed by atoms with Crippen molar-refractivity contribution in [3.8, 4) is 5.75 Å². The second kappa shape index (κ2) is 15.6. The van der Waals surface area contributed by atoms with Crippen LogP contribution in [0.5, 0.6) is 5.75 Å². The van der Waals surface area contributed by atoms with Crippen LogP contribution in [0.1, 0.15) is 31.2 Å². The zero-order valence-electron chi connectivity index (χ0n) is 23.4. The largest absolute Gasteiger partial charge is 0.494 e. The third-order valence-electron chi connectivity index (χ3n) is 6.54. The minimum absolute atomic E-state index is 0.0871. The maximum Gasteiger partial charge on any atom is 0.247 e. The lowest BCUT2D eigenvalue weighted by Crippen LogP contribution is -2.56. The Hall–Kier alpha value is -3.32. The predicted molar refractivity (Wildman–Crippen MR) is 151 cm³/mol. The highest BCUT2D eigenvalue weighted by atomic mass is 32.2. The van der Waals surface area contributed by atoms with Crippen molar-refractivity contribution in [2.75, 3.05) is 40.6 Å². The SMILES string of the molecule is C=C(COC)NC(=O)C(Cc1ccc(OCCCOC)cc1)NC(=O)C1CCCCN1S(=O)(=O)c1cccc(F)c1. The molecule has 1 fully saturated rings. The molecule has 10 nitrogen and oxygen atoms in total. The van der Waals surface area contributed by atoms with Gasteiger partial charge in [-0.05, 0) is 48.7 Å². The van der Waals surface area contributed by atoms with Gasteiger partial charge >= 0.3 is 0 Å². The van der Waals surface area contributed by atoms with E-state index in [0.29, 0.717) is 37.5 Å². The number of nitrogens with zero attached hydrogens (tertiary/aromatic N) is 1. The molecule has 2 N–H and O–H groups in total. The fourth-order valence-corrected chi connectivity index (χ4v) is 6.21. The predicted octanol–water partition coefficient (Wildman–Crippen LogP) is 2.79. The second-order valence-electron chi connectivity index (χ2n) is 9.71. The summed E-state index contributed by atoms with van der Waals surface area (Å²) in [7, 11) is -1.07. The smallest absolute Gasteiger partial charge is 0.247 e. The molecule has 2 atom stereocenters. The molecule has 2 unspecified atom stereocenters. The molecule has 3 rings (SSSR count). The molecule has 0 saturated carbocycles. The van der Waals surface area contributed by atoms with Crippen LogP contribution in [-0.2, 0) is 35.5 Å². The Morgan fingerprint density at radius 3 is 2.54 bits per heavy atom. The fourth-order valence-electron chi connectivity index (χ4n) is 4.52. The maximum atomic E-state index is 13.8. The first-order valence-electron chi connectivity index (χ1n) is 13.4. The van der Waals surface area contributed by atoms with E-state index in [0.717, 1.165) is 28.4 Å². The quantitative estimate of drug-likeness (QED) is 0.306. The van der Waals surface area contributed by atoms with Crippen molar-refractivity contribution in [3.05, 3.63) is 72.2 Å². The Labute approximate surface area is 240 Å². The van der Waals surface area contributed by atoms with Crippen molar-refractivity contribution in [1.82, 2.24) is 14.9 Å². The van der Waals surface area contributed by atoms with Crippen LogP contribution in [0, 0.1) is 5.82 Å². The number of halogens is 1. The number of amides is 2. The number of methoxy groups -OCH3 is 2. The summed E-state index contributed by atoms with van der Waals surface area (Å²) < 4.78 is 57.4. The summed E-state index contributed by atoms with van der Waals surface area (Å²) in [6.07, 6.45) is 2.32. The molecule has 2 amide bonds. The zero-order chi connectivity index (χ0) is 29.8. The topological polar surface area (TPSA) is 123 Å². The summed E-state index contributed by atoms with van der Waals surface area (Å²) in [4.78, 5) is 26.5. The van der Waals surface area contributed by atoms with Gasteiger partial charge in [0.05, 0.1) is 18.1 Å². The summed E-state index contributed by atoms with van der Waals surface area (Å²) in [5, 5.41) is 5.40. The summed E-state index contributed by atoms with van der Waals surface area (Å²) in [5.41, 5.74) is 1.06. The van der Waals surface area contributed by atoms with E-state index in [1.54, 1.807) is 31.4 Å². The summed E-state index contributed by atoms with van der Waals surface area (Å²) >= 11 is 0. The molecule has 12 heteroatoms.